The number of ether oxygens (including phenoxy) is 1. The lowest BCUT2D eigenvalue weighted by Gasteiger charge is -2.11. The van der Waals surface area contributed by atoms with Crippen molar-refractivity contribution in [3.8, 4) is 5.75 Å². The minimum absolute atomic E-state index is 0.0216. The highest BCUT2D eigenvalue weighted by Crippen LogP contribution is 2.18. The zero-order chi connectivity index (χ0) is 19.3. The smallest absolute Gasteiger partial charge is 0.259 e. The molecule has 26 heavy (non-hydrogen) atoms. The molecule has 0 spiro atoms. The number of amides is 1. The summed E-state index contributed by atoms with van der Waals surface area (Å²) in [5.74, 6) is 0.376. The van der Waals surface area contributed by atoms with Crippen LogP contribution in [0.15, 0.2) is 42.5 Å². The molecule has 1 amide bonds. The van der Waals surface area contributed by atoms with E-state index in [1.807, 2.05) is 13.0 Å². The van der Waals surface area contributed by atoms with Crippen LogP contribution in [0.2, 0.25) is 0 Å². The van der Waals surface area contributed by atoms with Crippen molar-refractivity contribution in [1.82, 2.24) is 4.90 Å². The Morgan fingerprint density at radius 2 is 1.58 bits per heavy atom. The number of aryl methyl sites for hydroxylation is 3. The van der Waals surface area contributed by atoms with Crippen molar-refractivity contribution in [3.63, 3.8) is 0 Å². The number of allylic oxidation sites excluding steroid dienone is 1. The zero-order valence-corrected chi connectivity index (χ0v) is 16.0. The number of hydrogen-bond acceptors (Lipinski definition) is 3. The first-order valence-electron chi connectivity index (χ1n) is 8.51. The van der Waals surface area contributed by atoms with Crippen LogP contribution >= 0.6 is 0 Å². The molecule has 0 aliphatic heterocycles. The Morgan fingerprint density at radius 1 is 0.962 bits per heavy atom. The van der Waals surface area contributed by atoms with Crippen LogP contribution in [-0.4, -0.2) is 37.3 Å². The van der Waals surface area contributed by atoms with Gasteiger partial charge in [0.15, 0.2) is 12.4 Å². The molecular weight excluding hydrogens is 326 g/mol. The van der Waals surface area contributed by atoms with Gasteiger partial charge in [-0.3, -0.25) is 9.59 Å². The number of rotatable bonds is 6. The van der Waals surface area contributed by atoms with Crippen LogP contribution in [0.3, 0.4) is 0 Å². The SMILES string of the molecule is Cc1cc(C)c(C=CC(=O)c2ccc(OCC(=O)N(C)C)cc2)cc1C. The van der Waals surface area contributed by atoms with E-state index in [0.717, 1.165) is 11.1 Å². The molecule has 0 radical (unpaired) electrons. The molecule has 2 rings (SSSR count). The second-order valence-corrected chi connectivity index (χ2v) is 6.59. The van der Waals surface area contributed by atoms with E-state index in [0.29, 0.717) is 11.3 Å². The molecule has 0 aliphatic rings. The lowest BCUT2D eigenvalue weighted by Crippen LogP contribution is -2.27. The zero-order valence-electron chi connectivity index (χ0n) is 16.0. The van der Waals surface area contributed by atoms with Crippen LogP contribution in [0, 0.1) is 20.8 Å². The summed E-state index contributed by atoms with van der Waals surface area (Å²) in [5, 5.41) is 0. The molecule has 0 saturated carbocycles. The lowest BCUT2D eigenvalue weighted by molar-refractivity contribution is -0.130. The van der Waals surface area contributed by atoms with Crippen LogP contribution in [0.4, 0.5) is 0 Å². The summed E-state index contributed by atoms with van der Waals surface area (Å²) < 4.78 is 5.41. The Balaban J connectivity index is 2.04. The van der Waals surface area contributed by atoms with E-state index in [9.17, 15) is 9.59 Å². The second-order valence-electron chi connectivity index (χ2n) is 6.59. The molecule has 0 N–H and O–H groups in total. The fraction of sp³-hybridized carbons (Fsp3) is 0.273. The molecule has 4 nitrogen and oxygen atoms in total. The first-order chi connectivity index (χ1) is 12.3. The van der Waals surface area contributed by atoms with Crippen molar-refractivity contribution >= 4 is 17.8 Å². The van der Waals surface area contributed by atoms with Crippen molar-refractivity contribution in [1.29, 1.82) is 0 Å². The molecule has 136 valence electrons. The largest absolute Gasteiger partial charge is 0.484 e. The molecule has 0 saturated heterocycles. The fourth-order valence-corrected chi connectivity index (χ4v) is 2.41. The Labute approximate surface area is 155 Å². The van der Waals surface area contributed by atoms with E-state index in [1.165, 1.54) is 16.0 Å². The number of nitrogens with zero attached hydrogens (tertiary/aromatic N) is 1. The summed E-state index contributed by atoms with van der Waals surface area (Å²) in [7, 11) is 3.36. The molecule has 0 fully saturated rings. The maximum atomic E-state index is 12.4. The quantitative estimate of drug-likeness (QED) is 0.584. The highest BCUT2D eigenvalue weighted by Gasteiger charge is 2.07. The van der Waals surface area contributed by atoms with Gasteiger partial charge < -0.3 is 9.64 Å². The summed E-state index contributed by atoms with van der Waals surface area (Å²) >= 11 is 0. The maximum absolute atomic E-state index is 12.4. The molecule has 0 heterocycles. The first kappa shape index (κ1) is 19.4. The number of ketones is 1. The Kier molecular flexibility index (Phi) is 6.34. The molecule has 0 aromatic heterocycles. The standard InChI is InChI=1S/C22H25NO3/c1-15-12-17(3)19(13-16(15)2)8-11-21(24)18-6-9-20(10-7-18)26-14-22(25)23(4)5/h6-13H,14H2,1-5H3. The molecule has 4 heteroatoms. The average molecular weight is 351 g/mol. The fourth-order valence-electron chi connectivity index (χ4n) is 2.41. The van der Waals surface area contributed by atoms with Gasteiger partial charge in [-0.2, -0.15) is 0 Å². The van der Waals surface area contributed by atoms with Crippen LogP contribution in [-0.2, 0) is 4.79 Å². The van der Waals surface area contributed by atoms with Crippen molar-refractivity contribution in [2.75, 3.05) is 20.7 Å². The van der Waals surface area contributed by atoms with Crippen LogP contribution in [0.5, 0.6) is 5.75 Å². The van der Waals surface area contributed by atoms with Crippen molar-refractivity contribution < 1.29 is 14.3 Å². The highest BCUT2D eigenvalue weighted by atomic mass is 16.5. The van der Waals surface area contributed by atoms with E-state index in [2.05, 4.69) is 26.0 Å². The summed E-state index contributed by atoms with van der Waals surface area (Å²) in [5.41, 5.74) is 5.22. The minimum Gasteiger partial charge on any atom is -0.484 e. The van der Waals surface area contributed by atoms with Crippen molar-refractivity contribution in [2.24, 2.45) is 0 Å². The number of carbonyl (C=O) groups excluding carboxylic acids is 2. The van der Waals surface area contributed by atoms with Gasteiger partial charge in [0.1, 0.15) is 5.75 Å². The van der Waals surface area contributed by atoms with Gasteiger partial charge in [0.25, 0.3) is 5.91 Å². The second kappa shape index (κ2) is 8.48. The average Bonchev–Trinajstić information content (AvgIpc) is 2.61. The van der Waals surface area contributed by atoms with Gasteiger partial charge in [-0.25, -0.2) is 0 Å². The predicted octanol–water partition coefficient (Wildman–Crippen LogP) is 3.97. The number of carbonyl (C=O) groups is 2. The van der Waals surface area contributed by atoms with Crippen molar-refractivity contribution in [3.05, 3.63) is 70.3 Å². The summed E-state index contributed by atoms with van der Waals surface area (Å²) in [4.78, 5) is 25.4. The molecule has 0 aliphatic carbocycles. The lowest BCUT2D eigenvalue weighted by atomic mass is 10.00. The van der Waals surface area contributed by atoms with Gasteiger partial charge in [-0.15, -0.1) is 0 Å². The summed E-state index contributed by atoms with van der Waals surface area (Å²) in [6.07, 6.45) is 3.44. The van der Waals surface area contributed by atoms with Gasteiger partial charge >= 0.3 is 0 Å². The van der Waals surface area contributed by atoms with Crippen LogP contribution in [0.1, 0.15) is 32.6 Å². The summed E-state index contributed by atoms with van der Waals surface area (Å²) in [6.45, 7) is 6.16. The van der Waals surface area contributed by atoms with E-state index >= 15 is 0 Å². The Bertz CT molecular complexity index is 833. The Morgan fingerprint density at radius 3 is 2.19 bits per heavy atom. The normalized spacial score (nSPS) is 10.8. The van der Waals surface area contributed by atoms with Gasteiger partial charge in [-0.1, -0.05) is 18.2 Å². The summed E-state index contributed by atoms with van der Waals surface area (Å²) in [6, 6.07) is 11.0. The Hall–Kier alpha value is -2.88. The topological polar surface area (TPSA) is 46.6 Å². The van der Waals surface area contributed by atoms with E-state index in [1.54, 1.807) is 44.4 Å². The van der Waals surface area contributed by atoms with Crippen molar-refractivity contribution in [2.45, 2.75) is 20.8 Å². The molecule has 0 bridgehead atoms. The number of benzene rings is 2. The highest BCUT2D eigenvalue weighted by molar-refractivity contribution is 6.06. The predicted molar refractivity (Wildman–Crippen MR) is 105 cm³/mol. The number of likely N-dealkylation sites (N-methyl/N-ethyl adjacent to an activating group) is 1. The number of hydrogen-bond donors (Lipinski definition) is 0. The third-order valence-electron chi connectivity index (χ3n) is 4.30. The monoisotopic (exact) mass is 351 g/mol. The van der Waals surface area contributed by atoms with Gasteiger partial charge in [0, 0.05) is 19.7 Å². The van der Waals surface area contributed by atoms with Crippen LogP contribution in [0.25, 0.3) is 6.08 Å². The third kappa shape index (κ3) is 5.06. The van der Waals surface area contributed by atoms with Gasteiger partial charge in [0.05, 0.1) is 0 Å². The molecule has 2 aromatic carbocycles. The van der Waals surface area contributed by atoms with Gasteiger partial charge in [0.2, 0.25) is 0 Å². The van der Waals surface area contributed by atoms with Gasteiger partial charge in [-0.05, 0) is 73.4 Å². The van der Waals surface area contributed by atoms with Crippen LogP contribution < -0.4 is 4.74 Å². The molecule has 0 atom stereocenters. The molecule has 2 aromatic rings. The van der Waals surface area contributed by atoms with E-state index < -0.39 is 0 Å². The van der Waals surface area contributed by atoms with E-state index in [4.69, 9.17) is 4.74 Å². The molecule has 0 unspecified atom stereocenters. The van der Waals surface area contributed by atoms with E-state index in [-0.39, 0.29) is 18.3 Å². The first-order valence-corrected chi connectivity index (χ1v) is 8.51. The third-order valence-corrected chi connectivity index (χ3v) is 4.30. The minimum atomic E-state index is -0.114. The maximum Gasteiger partial charge on any atom is 0.259 e. The molecular formula is C22H25NO3.